The number of imidazole rings is 1. The van der Waals surface area contributed by atoms with Crippen LogP contribution in [0.5, 0.6) is 11.5 Å². The van der Waals surface area contributed by atoms with E-state index < -0.39 is 6.36 Å². The number of rotatable bonds is 9. The molecule has 0 saturated heterocycles. The molecular formula is C25H23F3N4O3. The van der Waals surface area contributed by atoms with E-state index >= 15 is 0 Å². The Labute approximate surface area is 199 Å². The summed E-state index contributed by atoms with van der Waals surface area (Å²) in [5.41, 5.74) is 3.01. The number of aryl methyl sites for hydroxylation is 1. The van der Waals surface area contributed by atoms with E-state index in [2.05, 4.69) is 20.0 Å². The predicted octanol–water partition coefficient (Wildman–Crippen LogP) is 4.64. The van der Waals surface area contributed by atoms with Crippen LogP contribution in [0.3, 0.4) is 0 Å². The lowest BCUT2D eigenvalue weighted by Gasteiger charge is -2.11. The molecule has 0 aliphatic rings. The molecule has 0 fully saturated rings. The van der Waals surface area contributed by atoms with Gasteiger partial charge in [0.1, 0.15) is 22.8 Å². The maximum Gasteiger partial charge on any atom is 0.573 e. The van der Waals surface area contributed by atoms with Crippen LogP contribution >= 0.6 is 0 Å². The van der Waals surface area contributed by atoms with Crippen molar-refractivity contribution in [1.29, 1.82) is 0 Å². The van der Waals surface area contributed by atoms with E-state index in [1.54, 1.807) is 31.5 Å². The van der Waals surface area contributed by atoms with Gasteiger partial charge in [-0.3, -0.25) is 4.79 Å². The number of carbonyl (C=O) groups excluding carboxylic acids is 1. The summed E-state index contributed by atoms with van der Waals surface area (Å²) >= 11 is 0. The number of halogens is 3. The monoisotopic (exact) mass is 484 g/mol. The number of aromatic nitrogens is 3. The van der Waals surface area contributed by atoms with Crippen LogP contribution in [-0.4, -0.2) is 33.9 Å². The molecule has 0 radical (unpaired) electrons. The summed E-state index contributed by atoms with van der Waals surface area (Å²) in [6.07, 6.45) is -2.50. The number of benzene rings is 2. The Morgan fingerprint density at radius 1 is 1.00 bits per heavy atom. The maximum atomic E-state index is 12.5. The van der Waals surface area contributed by atoms with Gasteiger partial charge in [-0.15, -0.1) is 13.2 Å². The van der Waals surface area contributed by atoms with Crippen molar-refractivity contribution in [2.45, 2.75) is 32.3 Å². The van der Waals surface area contributed by atoms with Gasteiger partial charge in [-0.2, -0.15) is 0 Å². The van der Waals surface area contributed by atoms with Gasteiger partial charge in [-0.25, -0.2) is 9.97 Å². The first-order chi connectivity index (χ1) is 16.8. The minimum absolute atomic E-state index is 0.124. The number of nitrogens with one attached hydrogen (secondary N) is 1. The molecular weight excluding hydrogens is 461 g/mol. The average molecular weight is 484 g/mol. The molecule has 0 unspecified atom stereocenters. The molecule has 2 heterocycles. The van der Waals surface area contributed by atoms with Crippen molar-refractivity contribution in [2.24, 2.45) is 0 Å². The van der Waals surface area contributed by atoms with Gasteiger partial charge in [0, 0.05) is 25.6 Å². The molecule has 0 aliphatic carbocycles. The van der Waals surface area contributed by atoms with Gasteiger partial charge in [0.05, 0.1) is 13.7 Å². The zero-order valence-corrected chi connectivity index (χ0v) is 18.9. The first-order valence-electron chi connectivity index (χ1n) is 10.8. The second-order valence-electron chi connectivity index (χ2n) is 7.78. The summed E-state index contributed by atoms with van der Waals surface area (Å²) in [6, 6.07) is 16.7. The maximum absolute atomic E-state index is 12.5. The predicted molar refractivity (Wildman–Crippen MR) is 123 cm³/mol. The van der Waals surface area contributed by atoms with Gasteiger partial charge in [-0.1, -0.05) is 24.3 Å². The van der Waals surface area contributed by atoms with Crippen LogP contribution in [0.25, 0.3) is 11.2 Å². The highest BCUT2D eigenvalue weighted by molar-refractivity contribution is 5.76. The van der Waals surface area contributed by atoms with Crippen molar-refractivity contribution in [1.82, 2.24) is 19.9 Å². The van der Waals surface area contributed by atoms with Gasteiger partial charge in [-0.05, 0) is 47.5 Å². The van der Waals surface area contributed by atoms with Crippen molar-refractivity contribution in [3.05, 3.63) is 83.8 Å². The van der Waals surface area contributed by atoms with Crippen molar-refractivity contribution < 1.29 is 27.4 Å². The third-order valence-electron chi connectivity index (χ3n) is 5.30. The van der Waals surface area contributed by atoms with Crippen molar-refractivity contribution in [3.8, 4) is 11.5 Å². The van der Waals surface area contributed by atoms with Crippen LogP contribution in [0.15, 0.2) is 66.9 Å². The molecule has 4 aromatic rings. The van der Waals surface area contributed by atoms with Crippen molar-refractivity contribution >= 4 is 17.1 Å². The van der Waals surface area contributed by atoms with E-state index in [-0.39, 0.29) is 18.1 Å². The molecule has 1 N–H and O–H groups in total. The number of hydrogen-bond donors (Lipinski definition) is 1. The molecule has 0 saturated carbocycles. The number of hydrogen-bond acceptors (Lipinski definition) is 5. The number of amides is 1. The SMILES string of the molecule is COc1ccc(CNC(=O)CCc2nc3cccnc3n2Cc2ccc(OC(F)(F)F)cc2)cc1. The minimum atomic E-state index is -4.74. The van der Waals surface area contributed by atoms with Gasteiger partial charge in [0.25, 0.3) is 0 Å². The summed E-state index contributed by atoms with van der Waals surface area (Å²) in [6.45, 7) is 0.732. The van der Waals surface area contributed by atoms with Gasteiger partial charge >= 0.3 is 6.36 Å². The molecule has 0 aliphatic heterocycles. The zero-order chi connectivity index (χ0) is 24.8. The number of ether oxygens (including phenoxy) is 2. The Balaban J connectivity index is 1.43. The fraction of sp³-hybridized carbons (Fsp3) is 0.240. The van der Waals surface area contributed by atoms with Crippen LogP contribution in [0.2, 0.25) is 0 Å². The fourth-order valence-corrected chi connectivity index (χ4v) is 3.60. The van der Waals surface area contributed by atoms with Crippen LogP contribution in [0, 0.1) is 0 Å². The van der Waals surface area contributed by atoms with Crippen LogP contribution in [-0.2, 0) is 24.3 Å². The van der Waals surface area contributed by atoms with E-state index in [0.29, 0.717) is 36.5 Å². The number of carbonyl (C=O) groups is 1. The number of alkyl halides is 3. The van der Waals surface area contributed by atoms with E-state index in [1.165, 1.54) is 12.1 Å². The molecule has 2 aromatic carbocycles. The van der Waals surface area contributed by atoms with Gasteiger partial charge in [0.2, 0.25) is 5.91 Å². The summed E-state index contributed by atoms with van der Waals surface area (Å²) in [5.74, 6) is 0.994. The van der Waals surface area contributed by atoms with E-state index in [9.17, 15) is 18.0 Å². The highest BCUT2D eigenvalue weighted by atomic mass is 19.4. The molecule has 0 spiro atoms. The molecule has 182 valence electrons. The number of methoxy groups -OCH3 is 1. The summed E-state index contributed by atoms with van der Waals surface area (Å²) in [5, 5.41) is 2.90. The smallest absolute Gasteiger partial charge is 0.497 e. The molecule has 35 heavy (non-hydrogen) atoms. The molecule has 4 rings (SSSR count). The van der Waals surface area contributed by atoms with Crippen molar-refractivity contribution in [2.75, 3.05) is 7.11 Å². The molecule has 0 atom stereocenters. The third-order valence-corrected chi connectivity index (χ3v) is 5.30. The Bertz CT molecular complexity index is 1290. The average Bonchev–Trinajstić information content (AvgIpc) is 3.19. The van der Waals surface area contributed by atoms with Gasteiger partial charge in [0.15, 0.2) is 5.65 Å². The standard InChI is InChI=1S/C25H23F3N4O3/c1-34-19-8-4-17(5-9-19)15-30-23(33)13-12-22-31-21-3-2-14-29-24(21)32(22)16-18-6-10-20(11-7-18)35-25(26,27)28/h2-11,14H,12-13,15-16H2,1H3,(H,30,33). The second-order valence-corrected chi connectivity index (χ2v) is 7.78. The number of fused-ring (bicyclic) bond motifs is 1. The highest BCUT2D eigenvalue weighted by Crippen LogP contribution is 2.24. The summed E-state index contributed by atoms with van der Waals surface area (Å²) in [4.78, 5) is 21.5. The minimum Gasteiger partial charge on any atom is -0.497 e. The summed E-state index contributed by atoms with van der Waals surface area (Å²) in [7, 11) is 1.59. The first-order valence-corrected chi connectivity index (χ1v) is 10.8. The Morgan fingerprint density at radius 2 is 1.69 bits per heavy atom. The Morgan fingerprint density at radius 3 is 2.37 bits per heavy atom. The van der Waals surface area contributed by atoms with E-state index in [1.807, 2.05) is 34.9 Å². The highest BCUT2D eigenvalue weighted by Gasteiger charge is 2.31. The number of pyridine rings is 1. The lowest BCUT2D eigenvalue weighted by molar-refractivity contribution is -0.274. The van der Waals surface area contributed by atoms with Crippen LogP contribution in [0.1, 0.15) is 23.4 Å². The molecule has 0 bridgehead atoms. The fourth-order valence-electron chi connectivity index (χ4n) is 3.60. The van der Waals surface area contributed by atoms with Crippen molar-refractivity contribution in [3.63, 3.8) is 0 Å². The van der Waals surface area contributed by atoms with Crippen LogP contribution < -0.4 is 14.8 Å². The Hall–Kier alpha value is -4.08. The molecule has 10 heteroatoms. The normalized spacial score (nSPS) is 11.4. The first kappa shape index (κ1) is 24.1. The third kappa shape index (κ3) is 6.50. The number of nitrogens with zero attached hydrogens (tertiary/aromatic N) is 3. The lowest BCUT2D eigenvalue weighted by atomic mass is 10.2. The molecule has 2 aromatic heterocycles. The van der Waals surface area contributed by atoms with Gasteiger partial charge < -0.3 is 19.4 Å². The topological polar surface area (TPSA) is 78.3 Å². The quantitative estimate of drug-likeness (QED) is 0.375. The zero-order valence-electron chi connectivity index (χ0n) is 18.9. The lowest BCUT2D eigenvalue weighted by Crippen LogP contribution is -2.23. The van der Waals surface area contributed by atoms with Crippen LogP contribution in [0.4, 0.5) is 13.2 Å². The van der Waals surface area contributed by atoms with E-state index in [0.717, 1.165) is 16.9 Å². The van der Waals surface area contributed by atoms with E-state index in [4.69, 9.17) is 4.74 Å². The summed E-state index contributed by atoms with van der Waals surface area (Å²) < 4.78 is 48.2. The molecule has 7 nitrogen and oxygen atoms in total. The Kier molecular flexibility index (Phi) is 7.19. The largest absolute Gasteiger partial charge is 0.573 e. The molecule has 1 amide bonds. The second kappa shape index (κ2) is 10.5.